The number of hydrogen-bond acceptors (Lipinski definition) is 4. The lowest BCUT2D eigenvalue weighted by Crippen LogP contribution is -2.04. The summed E-state index contributed by atoms with van der Waals surface area (Å²) in [6, 6.07) is 57.0. The number of phenolic OH excluding ortho intramolecular Hbond substituents is 1. The maximum Gasteiger partial charge on any atom is 0.136 e. The number of pyridine rings is 2. The van der Waals surface area contributed by atoms with Crippen LogP contribution in [0.4, 0.5) is 0 Å². The van der Waals surface area contributed by atoms with Crippen LogP contribution in [0.15, 0.2) is 168 Å². The van der Waals surface area contributed by atoms with E-state index in [1.165, 1.54) is 16.5 Å². The predicted octanol–water partition coefficient (Wildman–Crippen LogP) is 14.2. The zero-order valence-corrected chi connectivity index (χ0v) is 32.9. The van der Waals surface area contributed by atoms with Crippen LogP contribution >= 0.6 is 0 Å². The van der Waals surface area contributed by atoms with E-state index in [9.17, 15) is 5.11 Å². The fraction of sp³-hybridized carbons (Fsp3) is 0.0943. The zero-order valence-electron chi connectivity index (χ0n) is 32.9. The summed E-state index contributed by atoms with van der Waals surface area (Å²) in [5, 5.41) is 14.6. The summed E-state index contributed by atoms with van der Waals surface area (Å²) in [4.78, 5) is 10.3. The molecule has 0 amide bonds. The minimum atomic E-state index is 0.189. The standard InChI is InChI=1S/C53H41N3O2/c1-32(2)56-48-22-10-8-20-44(48)51(38-24-25-42-41-19-9-11-23-49(41)58-50(42)31-38)52(56)40-26-34(4)54-45(30-40)36-17-13-18-37(27-36)46-28-39(35-15-6-5-7-16-35)29-47(55-46)43-21-12-14-33(3)53(43)57/h5-32,57H,1-4H3. The summed E-state index contributed by atoms with van der Waals surface area (Å²) in [5.41, 5.74) is 16.4. The van der Waals surface area contributed by atoms with Crippen molar-refractivity contribution < 1.29 is 9.52 Å². The molecule has 0 radical (unpaired) electrons. The van der Waals surface area contributed by atoms with Gasteiger partial charge in [0.25, 0.3) is 0 Å². The van der Waals surface area contributed by atoms with E-state index < -0.39 is 0 Å². The monoisotopic (exact) mass is 751 g/mol. The van der Waals surface area contributed by atoms with Gasteiger partial charge in [0.05, 0.1) is 22.8 Å². The molecule has 0 atom stereocenters. The van der Waals surface area contributed by atoms with E-state index in [4.69, 9.17) is 14.4 Å². The highest BCUT2D eigenvalue weighted by molar-refractivity contribution is 6.09. The molecular weight excluding hydrogens is 711 g/mol. The van der Waals surface area contributed by atoms with Crippen molar-refractivity contribution in [2.45, 2.75) is 33.7 Å². The molecule has 0 unspecified atom stereocenters. The second-order valence-corrected chi connectivity index (χ2v) is 15.4. The number of nitrogens with zero attached hydrogens (tertiary/aromatic N) is 3. The molecule has 0 spiro atoms. The Morgan fingerprint density at radius 1 is 0.500 bits per heavy atom. The van der Waals surface area contributed by atoms with Crippen LogP contribution in [0.3, 0.4) is 0 Å². The average molecular weight is 752 g/mol. The Labute approximate surface area is 337 Å². The number of rotatable bonds is 7. The number of aromatic nitrogens is 3. The summed E-state index contributed by atoms with van der Waals surface area (Å²) < 4.78 is 8.87. The van der Waals surface area contributed by atoms with Crippen LogP contribution in [0.1, 0.15) is 31.1 Å². The number of aromatic hydroxyl groups is 1. The predicted molar refractivity (Wildman–Crippen MR) is 239 cm³/mol. The van der Waals surface area contributed by atoms with Crippen LogP contribution in [0.5, 0.6) is 5.75 Å². The normalized spacial score (nSPS) is 11.7. The average Bonchev–Trinajstić information content (AvgIpc) is 3.81. The molecule has 10 rings (SSSR count). The molecule has 1 N–H and O–H groups in total. The third-order valence-corrected chi connectivity index (χ3v) is 11.2. The van der Waals surface area contributed by atoms with Gasteiger partial charge in [0.15, 0.2) is 0 Å². The first-order valence-electron chi connectivity index (χ1n) is 19.8. The number of fused-ring (bicyclic) bond motifs is 4. The van der Waals surface area contributed by atoms with E-state index in [1.54, 1.807) is 0 Å². The largest absolute Gasteiger partial charge is 0.507 e. The van der Waals surface area contributed by atoms with Crippen molar-refractivity contribution in [1.29, 1.82) is 0 Å². The van der Waals surface area contributed by atoms with Crippen molar-refractivity contribution in [3.05, 3.63) is 175 Å². The van der Waals surface area contributed by atoms with Gasteiger partial charge in [0.2, 0.25) is 0 Å². The van der Waals surface area contributed by atoms with Crippen molar-refractivity contribution in [2.75, 3.05) is 0 Å². The number of furan rings is 1. The number of hydrogen-bond donors (Lipinski definition) is 1. The SMILES string of the molecule is Cc1cc(-c2c(-c3ccc4c(c3)oc3ccccc34)c3ccccc3n2C(C)C)cc(-c2cccc(-c3cc(-c4ccccc4)cc(-c4cccc(C)c4O)n3)c2)n1. The number of benzene rings is 6. The van der Waals surface area contributed by atoms with Crippen LogP contribution in [-0.2, 0) is 0 Å². The van der Waals surface area contributed by atoms with E-state index in [0.717, 1.165) is 83.7 Å². The fourth-order valence-electron chi connectivity index (χ4n) is 8.53. The third-order valence-electron chi connectivity index (χ3n) is 11.2. The first kappa shape index (κ1) is 35.2. The molecule has 0 aliphatic rings. The first-order valence-corrected chi connectivity index (χ1v) is 19.8. The van der Waals surface area contributed by atoms with Gasteiger partial charge in [-0.2, -0.15) is 0 Å². The number of aryl methyl sites for hydroxylation is 2. The summed E-state index contributed by atoms with van der Waals surface area (Å²) in [6.07, 6.45) is 0. The molecule has 0 fully saturated rings. The molecule has 280 valence electrons. The van der Waals surface area contributed by atoms with E-state index in [2.05, 4.69) is 141 Å². The molecule has 0 aliphatic heterocycles. The van der Waals surface area contributed by atoms with E-state index >= 15 is 0 Å². The lowest BCUT2D eigenvalue weighted by Gasteiger charge is -2.18. The molecule has 0 saturated heterocycles. The quantitative estimate of drug-likeness (QED) is 0.176. The molecule has 10 aromatic rings. The lowest BCUT2D eigenvalue weighted by molar-refractivity contribution is 0.473. The van der Waals surface area contributed by atoms with Gasteiger partial charge in [0.1, 0.15) is 16.9 Å². The Balaban J connectivity index is 1.14. The van der Waals surface area contributed by atoms with Crippen molar-refractivity contribution in [3.8, 4) is 73.0 Å². The van der Waals surface area contributed by atoms with Crippen molar-refractivity contribution in [2.24, 2.45) is 0 Å². The van der Waals surface area contributed by atoms with Crippen LogP contribution < -0.4 is 0 Å². The highest BCUT2D eigenvalue weighted by Crippen LogP contribution is 2.45. The zero-order chi connectivity index (χ0) is 39.5. The van der Waals surface area contributed by atoms with Crippen LogP contribution in [0.2, 0.25) is 0 Å². The minimum Gasteiger partial charge on any atom is -0.507 e. The Morgan fingerprint density at radius 3 is 1.97 bits per heavy atom. The van der Waals surface area contributed by atoms with Gasteiger partial charge in [-0.05, 0) is 111 Å². The summed E-state index contributed by atoms with van der Waals surface area (Å²) in [6.45, 7) is 8.49. The summed E-state index contributed by atoms with van der Waals surface area (Å²) >= 11 is 0. The maximum absolute atomic E-state index is 11.1. The van der Waals surface area contributed by atoms with Gasteiger partial charge in [-0.15, -0.1) is 0 Å². The van der Waals surface area contributed by atoms with Crippen LogP contribution in [-0.4, -0.2) is 19.6 Å². The lowest BCUT2D eigenvalue weighted by atomic mass is 9.95. The molecule has 6 aromatic carbocycles. The highest BCUT2D eigenvalue weighted by atomic mass is 16.3. The molecule has 5 nitrogen and oxygen atoms in total. The Hall–Kier alpha value is -7.24. The van der Waals surface area contributed by atoms with Crippen molar-refractivity contribution in [3.63, 3.8) is 0 Å². The first-order chi connectivity index (χ1) is 28.3. The van der Waals surface area contributed by atoms with Gasteiger partial charge in [-0.3, -0.25) is 4.98 Å². The molecule has 4 aromatic heterocycles. The molecule has 4 heterocycles. The van der Waals surface area contributed by atoms with Crippen LogP contribution in [0.25, 0.3) is 100 Å². The summed E-state index contributed by atoms with van der Waals surface area (Å²) in [5.74, 6) is 0.243. The second-order valence-electron chi connectivity index (χ2n) is 15.4. The molecule has 0 aliphatic carbocycles. The third kappa shape index (κ3) is 6.03. The van der Waals surface area contributed by atoms with Gasteiger partial charge in [0, 0.05) is 61.2 Å². The number of phenols is 1. The second kappa shape index (κ2) is 14.1. The van der Waals surface area contributed by atoms with E-state index in [1.807, 2.05) is 55.5 Å². The molecular formula is C53H41N3O2. The Bertz CT molecular complexity index is 3190. The van der Waals surface area contributed by atoms with Gasteiger partial charge >= 0.3 is 0 Å². The van der Waals surface area contributed by atoms with E-state index in [0.29, 0.717) is 11.3 Å². The van der Waals surface area contributed by atoms with Crippen molar-refractivity contribution >= 4 is 32.8 Å². The minimum absolute atomic E-state index is 0.189. The molecule has 0 saturated carbocycles. The molecule has 0 bridgehead atoms. The topological polar surface area (TPSA) is 64.1 Å². The summed E-state index contributed by atoms with van der Waals surface area (Å²) in [7, 11) is 0. The highest BCUT2D eigenvalue weighted by Gasteiger charge is 2.24. The fourth-order valence-corrected chi connectivity index (χ4v) is 8.53. The van der Waals surface area contributed by atoms with Gasteiger partial charge < -0.3 is 14.1 Å². The Morgan fingerprint density at radius 2 is 1.16 bits per heavy atom. The number of para-hydroxylation sites is 3. The van der Waals surface area contributed by atoms with Gasteiger partial charge in [-0.1, -0.05) is 103 Å². The molecule has 58 heavy (non-hydrogen) atoms. The Kier molecular flexibility index (Phi) is 8.53. The van der Waals surface area contributed by atoms with E-state index in [-0.39, 0.29) is 11.8 Å². The van der Waals surface area contributed by atoms with Gasteiger partial charge in [-0.25, -0.2) is 4.98 Å². The van der Waals surface area contributed by atoms with Crippen molar-refractivity contribution in [1.82, 2.24) is 14.5 Å². The smallest absolute Gasteiger partial charge is 0.136 e. The van der Waals surface area contributed by atoms with Crippen LogP contribution in [0, 0.1) is 13.8 Å². The molecule has 5 heteroatoms. The maximum atomic E-state index is 11.1.